The molecule has 1 aromatic rings. The van der Waals surface area contributed by atoms with Crippen LogP contribution in [0.1, 0.15) is 43.2 Å². The van der Waals surface area contributed by atoms with Gasteiger partial charge >= 0.3 is 0 Å². The molecule has 1 unspecified atom stereocenters. The maximum atomic E-state index is 5.94. The Morgan fingerprint density at radius 1 is 1.12 bits per heavy atom. The van der Waals surface area contributed by atoms with Crippen LogP contribution in [0.15, 0.2) is 30.3 Å². The zero-order chi connectivity index (χ0) is 11.7. The van der Waals surface area contributed by atoms with E-state index in [0.29, 0.717) is 0 Å². The highest BCUT2D eigenvalue weighted by molar-refractivity contribution is 5.66. The second-order valence-electron chi connectivity index (χ2n) is 5.43. The summed E-state index contributed by atoms with van der Waals surface area (Å²) in [7, 11) is 0. The third-order valence-corrected chi connectivity index (χ3v) is 4.18. The van der Waals surface area contributed by atoms with E-state index < -0.39 is 0 Å². The van der Waals surface area contributed by atoms with Crippen molar-refractivity contribution in [2.45, 2.75) is 44.6 Å². The number of hydrogen-bond donors (Lipinski definition) is 0. The second-order valence-corrected chi connectivity index (χ2v) is 5.43. The number of hydrogen-bond acceptors (Lipinski definition) is 1. The fraction of sp³-hybridized carbons (Fsp3) is 0.500. The van der Waals surface area contributed by atoms with Crippen LogP contribution in [0.25, 0.3) is 5.57 Å². The van der Waals surface area contributed by atoms with Crippen molar-refractivity contribution >= 4 is 5.57 Å². The van der Waals surface area contributed by atoms with Crippen LogP contribution in [0, 0.1) is 6.92 Å². The fourth-order valence-electron chi connectivity index (χ4n) is 3.02. The van der Waals surface area contributed by atoms with Crippen molar-refractivity contribution in [2.24, 2.45) is 0 Å². The molecule has 0 amide bonds. The summed E-state index contributed by atoms with van der Waals surface area (Å²) in [4.78, 5) is 0. The minimum absolute atomic E-state index is 0.203. The summed E-state index contributed by atoms with van der Waals surface area (Å²) in [5, 5.41) is 0. The molecule has 1 spiro atoms. The third kappa shape index (κ3) is 2.16. The lowest BCUT2D eigenvalue weighted by atomic mass is 9.81. The Hall–Kier alpha value is -1.08. The smallest absolute Gasteiger partial charge is 0.0721 e. The van der Waals surface area contributed by atoms with Gasteiger partial charge in [-0.15, -0.1) is 0 Å². The van der Waals surface area contributed by atoms with Gasteiger partial charge in [0.05, 0.1) is 5.60 Å². The lowest BCUT2D eigenvalue weighted by Crippen LogP contribution is -2.29. The molecule has 1 saturated heterocycles. The molecule has 17 heavy (non-hydrogen) atoms. The fourth-order valence-corrected chi connectivity index (χ4v) is 3.02. The Balaban J connectivity index is 1.78. The van der Waals surface area contributed by atoms with E-state index in [0.717, 1.165) is 13.0 Å². The molecule has 90 valence electrons. The van der Waals surface area contributed by atoms with E-state index in [4.69, 9.17) is 4.74 Å². The summed E-state index contributed by atoms with van der Waals surface area (Å²) >= 11 is 0. The summed E-state index contributed by atoms with van der Waals surface area (Å²) in [5.41, 5.74) is 4.43. The van der Waals surface area contributed by atoms with Crippen molar-refractivity contribution in [1.82, 2.24) is 0 Å². The van der Waals surface area contributed by atoms with Crippen molar-refractivity contribution < 1.29 is 4.74 Å². The molecule has 1 heteroatoms. The standard InChI is InChI=1S/C16H20O/c1-13-3-5-14(6-4-13)15-7-10-16(11-8-15)9-2-12-17-16/h3-7H,2,8-12H2,1H3. The largest absolute Gasteiger partial charge is 0.375 e. The first-order valence-electron chi connectivity index (χ1n) is 6.68. The van der Waals surface area contributed by atoms with Crippen molar-refractivity contribution in [3.05, 3.63) is 41.5 Å². The van der Waals surface area contributed by atoms with Gasteiger partial charge in [-0.05, 0) is 50.2 Å². The van der Waals surface area contributed by atoms with E-state index in [1.165, 1.54) is 42.4 Å². The number of rotatable bonds is 1. The Morgan fingerprint density at radius 3 is 2.53 bits per heavy atom. The van der Waals surface area contributed by atoms with Crippen LogP contribution in [0.5, 0.6) is 0 Å². The Labute approximate surface area is 103 Å². The molecule has 1 nitrogen and oxygen atoms in total. The molecule has 1 atom stereocenters. The van der Waals surface area contributed by atoms with Crippen molar-refractivity contribution in [3.8, 4) is 0 Å². The molecule has 0 N–H and O–H groups in total. The first-order valence-corrected chi connectivity index (χ1v) is 6.68. The van der Waals surface area contributed by atoms with Gasteiger partial charge in [-0.3, -0.25) is 0 Å². The van der Waals surface area contributed by atoms with Crippen LogP contribution in [0.2, 0.25) is 0 Å². The zero-order valence-corrected chi connectivity index (χ0v) is 10.5. The second kappa shape index (κ2) is 4.30. The Kier molecular flexibility index (Phi) is 2.79. The van der Waals surface area contributed by atoms with Crippen LogP contribution in [-0.4, -0.2) is 12.2 Å². The van der Waals surface area contributed by atoms with E-state index in [1.54, 1.807) is 0 Å². The molecule has 1 aromatic carbocycles. The first-order chi connectivity index (χ1) is 8.27. The van der Waals surface area contributed by atoms with Gasteiger partial charge in [-0.1, -0.05) is 35.9 Å². The summed E-state index contributed by atoms with van der Waals surface area (Å²) < 4.78 is 5.94. The average molecular weight is 228 g/mol. The highest BCUT2D eigenvalue weighted by atomic mass is 16.5. The Morgan fingerprint density at radius 2 is 1.94 bits per heavy atom. The van der Waals surface area contributed by atoms with E-state index in [1.807, 2.05) is 0 Å². The van der Waals surface area contributed by atoms with E-state index in [-0.39, 0.29) is 5.60 Å². The lowest BCUT2D eigenvalue weighted by molar-refractivity contribution is -0.00158. The minimum atomic E-state index is 0.203. The monoisotopic (exact) mass is 228 g/mol. The number of allylic oxidation sites excluding steroid dienone is 1. The molecule has 0 bridgehead atoms. The molecular weight excluding hydrogens is 208 g/mol. The molecule has 0 radical (unpaired) electrons. The summed E-state index contributed by atoms with van der Waals surface area (Å²) in [6, 6.07) is 8.89. The predicted octanol–water partition coefficient (Wildman–Crippen LogP) is 4.11. The molecule has 0 aromatic heterocycles. The van der Waals surface area contributed by atoms with Gasteiger partial charge in [0, 0.05) is 6.61 Å². The van der Waals surface area contributed by atoms with Crippen LogP contribution < -0.4 is 0 Å². The molecule has 3 rings (SSSR count). The normalized spacial score (nSPS) is 28.4. The topological polar surface area (TPSA) is 9.23 Å². The van der Waals surface area contributed by atoms with Crippen molar-refractivity contribution in [2.75, 3.05) is 6.61 Å². The molecule has 1 aliphatic heterocycles. The number of aryl methyl sites for hydroxylation is 1. The highest BCUT2D eigenvalue weighted by Gasteiger charge is 2.36. The van der Waals surface area contributed by atoms with E-state index in [9.17, 15) is 0 Å². The maximum Gasteiger partial charge on any atom is 0.0721 e. The molecular formula is C16H20O. The molecule has 0 saturated carbocycles. The van der Waals surface area contributed by atoms with Gasteiger partial charge in [0.2, 0.25) is 0 Å². The van der Waals surface area contributed by atoms with Crippen LogP contribution >= 0.6 is 0 Å². The van der Waals surface area contributed by atoms with Gasteiger partial charge in [0.15, 0.2) is 0 Å². The minimum Gasteiger partial charge on any atom is -0.375 e. The van der Waals surface area contributed by atoms with E-state index >= 15 is 0 Å². The highest BCUT2D eigenvalue weighted by Crippen LogP contribution is 2.40. The van der Waals surface area contributed by atoms with Gasteiger partial charge in [0.25, 0.3) is 0 Å². The van der Waals surface area contributed by atoms with Gasteiger partial charge in [-0.2, -0.15) is 0 Å². The Bertz CT molecular complexity index is 421. The van der Waals surface area contributed by atoms with Crippen molar-refractivity contribution in [3.63, 3.8) is 0 Å². The molecule has 1 fully saturated rings. The van der Waals surface area contributed by atoms with Gasteiger partial charge < -0.3 is 4.74 Å². The first kappa shape index (κ1) is 11.0. The van der Waals surface area contributed by atoms with Gasteiger partial charge in [-0.25, -0.2) is 0 Å². The molecule has 1 aliphatic carbocycles. The van der Waals surface area contributed by atoms with Crippen LogP contribution in [-0.2, 0) is 4.74 Å². The average Bonchev–Trinajstić information content (AvgIpc) is 2.80. The number of ether oxygens (including phenoxy) is 1. The SMILES string of the molecule is Cc1ccc(C2=CCC3(CCCO3)CC2)cc1. The number of benzene rings is 1. The quantitative estimate of drug-likeness (QED) is 0.702. The summed E-state index contributed by atoms with van der Waals surface area (Å²) in [6.45, 7) is 3.11. The predicted molar refractivity (Wildman–Crippen MR) is 70.9 cm³/mol. The lowest BCUT2D eigenvalue weighted by Gasteiger charge is -2.31. The maximum absolute atomic E-state index is 5.94. The third-order valence-electron chi connectivity index (χ3n) is 4.18. The molecule has 1 heterocycles. The molecule has 2 aliphatic rings. The van der Waals surface area contributed by atoms with E-state index in [2.05, 4.69) is 37.3 Å². The van der Waals surface area contributed by atoms with Crippen LogP contribution in [0.4, 0.5) is 0 Å². The van der Waals surface area contributed by atoms with Crippen LogP contribution in [0.3, 0.4) is 0 Å². The summed E-state index contributed by atoms with van der Waals surface area (Å²) in [6.07, 6.45) is 8.38. The zero-order valence-electron chi connectivity index (χ0n) is 10.5. The van der Waals surface area contributed by atoms with Crippen molar-refractivity contribution in [1.29, 1.82) is 0 Å². The summed E-state index contributed by atoms with van der Waals surface area (Å²) in [5.74, 6) is 0. The van der Waals surface area contributed by atoms with Gasteiger partial charge in [0.1, 0.15) is 0 Å².